The lowest BCUT2D eigenvalue weighted by atomic mass is 9.39. The monoisotopic (exact) mass is 504 g/mol. The average Bonchev–Trinajstić information content (AvgIpc) is 3.23. The maximum atomic E-state index is 12.8. The van der Waals surface area contributed by atoms with Gasteiger partial charge in [0.15, 0.2) is 15.6 Å². The molecule has 0 aliphatic heterocycles. The maximum Gasteiger partial charge on any atom is 0.287 e. The number of thiazole rings is 1. The largest absolute Gasteiger partial charge is 0.491 e. The molecule has 0 saturated heterocycles. The first-order valence-electron chi connectivity index (χ1n) is 11.3. The van der Waals surface area contributed by atoms with Gasteiger partial charge < -0.3 is 19.2 Å². The van der Waals surface area contributed by atoms with E-state index in [1.165, 1.54) is 6.26 Å². The zero-order valence-corrected chi connectivity index (χ0v) is 20.7. The van der Waals surface area contributed by atoms with Gasteiger partial charge in [0, 0.05) is 25.7 Å². The van der Waals surface area contributed by atoms with E-state index in [9.17, 15) is 13.2 Å². The number of furan rings is 1. The molecule has 7 rings (SSSR count). The summed E-state index contributed by atoms with van der Waals surface area (Å²) < 4.78 is 40.8. The van der Waals surface area contributed by atoms with Crippen molar-refractivity contribution in [3.05, 3.63) is 46.9 Å². The Morgan fingerprint density at radius 2 is 1.97 bits per heavy atom. The number of carbonyl (C=O) groups is 1. The molecule has 4 aliphatic carbocycles. The lowest BCUT2D eigenvalue weighted by Gasteiger charge is -2.69. The molecule has 182 valence electrons. The zero-order valence-electron chi connectivity index (χ0n) is 19.0. The Morgan fingerprint density at radius 3 is 2.65 bits per heavy atom. The highest BCUT2D eigenvalue weighted by atomic mass is 32.2. The lowest BCUT2D eigenvalue weighted by molar-refractivity contribution is -0.0811. The normalized spacial score (nSPS) is 26.5. The van der Waals surface area contributed by atoms with Crippen molar-refractivity contribution in [3.63, 3.8) is 0 Å². The standard InChI is InChI=1S/C24H26N2O6S2.H2/c1-30-9-10-31-15-3-4-16-18(11-15)33-21(25-16)22-12-23(13-22,14-22)26-20(27)17-5-6-19(32-17)24(7-8-24)34(2,28)29;/h3-6,11H,7-10,12-14H2,1-2H3,(H,26,27);1H. The van der Waals surface area contributed by atoms with Crippen LogP contribution >= 0.6 is 11.3 Å². The van der Waals surface area contributed by atoms with Gasteiger partial charge >= 0.3 is 0 Å². The third-order valence-electron chi connectivity index (χ3n) is 7.47. The summed E-state index contributed by atoms with van der Waals surface area (Å²) in [5.41, 5.74) is 0.756. The number of amides is 1. The molecule has 2 bridgehead atoms. The molecule has 8 nitrogen and oxygen atoms in total. The van der Waals surface area contributed by atoms with Gasteiger partial charge in [-0.1, -0.05) is 0 Å². The van der Waals surface area contributed by atoms with Crippen LogP contribution in [0.4, 0.5) is 0 Å². The SMILES string of the molecule is COCCOc1ccc2nc(C34CC(NC(=O)c5ccc(C6(S(C)(=O)=O)CC6)o5)(C3)C4)sc2c1.[HH]. The Hall–Kier alpha value is -2.43. The highest BCUT2D eigenvalue weighted by molar-refractivity contribution is 7.91. The van der Waals surface area contributed by atoms with Crippen molar-refractivity contribution in [2.75, 3.05) is 26.6 Å². The molecule has 0 spiro atoms. The minimum Gasteiger partial charge on any atom is -0.491 e. The van der Waals surface area contributed by atoms with Gasteiger partial charge in [0.05, 0.1) is 16.8 Å². The molecule has 1 N–H and O–H groups in total. The molecule has 0 unspecified atom stereocenters. The fraction of sp³-hybridized carbons (Fsp3) is 0.500. The number of benzene rings is 1. The molecule has 2 heterocycles. The number of sulfone groups is 1. The minimum atomic E-state index is -3.28. The quantitative estimate of drug-likeness (QED) is 0.442. The van der Waals surface area contributed by atoms with E-state index in [1.807, 2.05) is 18.2 Å². The highest BCUT2D eigenvalue weighted by Gasteiger charge is 2.70. The van der Waals surface area contributed by atoms with E-state index in [0.717, 1.165) is 40.2 Å². The van der Waals surface area contributed by atoms with Gasteiger partial charge in [-0.25, -0.2) is 13.4 Å². The predicted molar refractivity (Wildman–Crippen MR) is 129 cm³/mol. The average molecular weight is 505 g/mol. The summed E-state index contributed by atoms with van der Waals surface area (Å²) >= 11 is 1.69. The molecule has 10 heteroatoms. The summed E-state index contributed by atoms with van der Waals surface area (Å²) in [5.74, 6) is 1.06. The Kier molecular flexibility index (Phi) is 4.73. The molecule has 0 radical (unpaired) electrons. The minimum absolute atomic E-state index is 0. The van der Waals surface area contributed by atoms with Crippen LogP contribution in [-0.2, 0) is 24.7 Å². The molecule has 0 atom stereocenters. The number of aromatic nitrogens is 1. The zero-order chi connectivity index (χ0) is 23.8. The van der Waals surface area contributed by atoms with Crippen LogP contribution in [0.15, 0.2) is 34.7 Å². The van der Waals surface area contributed by atoms with Gasteiger partial charge in [0.1, 0.15) is 27.9 Å². The number of methoxy groups -OCH3 is 1. The smallest absolute Gasteiger partial charge is 0.287 e. The van der Waals surface area contributed by atoms with Crippen molar-refractivity contribution < 1.29 is 28.5 Å². The number of ether oxygens (including phenoxy) is 2. The fourth-order valence-corrected chi connectivity index (χ4v) is 8.03. The summed E-state index contributed by atoms with van der Waals surface area (Å²) in [6.07, 6.45) is 4.85. The second kappa shape index (κ2) is 7.29. The van der Waals surface area contributed by atoms with Gasteiger partial charge in [0.25, 0.3) is 5.91 Å². The Labute approximate surface area is 203 Å². The van der Waals surface area contributed by atoms with Crippen LogP contribution in [0.1, 0.15) is 54.9 Å². The van der Waals surface area contributed by atoms with E-state index in [0.29, 0.717) is 31.8 Å². The van der Waals surface area contributed by atoms with Crippen molar-refractivity contribution in [1.29, 1.82) is 0 Å². The van der Waals surface area contributed by atoms with Gasteiger partial charge in [-0.15, -0.1) is 11.3 Å². The molecule has 34 heavy (non-hydrogen) atoms. The summed E-state index contributed by atoms with van der Waals surface area (Å²) in [6.45, 7) is 1.05. The van der Waals surface area contributed by atoms with Crippen LogP contribution in [-0.4, -0.2) is 51.4 Å². The maximum absolute atomic E-state index is 12.8. The van der Waals surface area contributed by atoms with Crippen LogP contribution in [0, 0.1) is 0 Å². The van der Waals surface area contributed by atoms with E-state index in [4.69, 9.17) is 18.9 Å². The van der Waals surface area contributed by atoms with Crippen LogP contribution in [0.3, 0.4) is 0 Å². The lowest BCUT2D eigenvalue weighted by Crippen LogP contribution is -2.76. The summed E-state index contributed by atoms with van der Waals surface area (Å²) in [5, 5.41) is 4.24. The van der Waals surface area contributed by atoms with Gasteiger partial charge in [0.2, 0.25) is 0 Å². The van der Waals surface area contributed by atoms with Crippen molar-refractivity contribution in [1.82, 2.24) is 10.3 Å². The van der Waals surface area contributed by atoms with E-state index < -0.39 is 14.6 Å². The van der Waals surface area contributed by atoms with Gasteiger partial charge in [-0.3, -0.25) is 4.79 Å². The topological polar surface area (TPSA) is 108 Å². The number of nitrogens with zero attached hydrogens (tertiary/aromatic N) is 1. The summed E-state index contributed by atoms with van der Waals surface area (Å²) in [7, 11) is -1.63. The molecular weight excluding hydrogens is 476 g/mol. The van der Waals surface area contributed by atoms with Crippen molar-refractivity contribution in [2.45, 2.75) is 47.8 Å². The molecular formula is C24H28N2O6S2. The number of carbonyl (C=O) groups excluding carboxylic acids is 1. The van der Waals surface area contributed by atoms with E-state index >= 15 is 0 Å². The van der Waals surface area contributed by atoms with Crippen LogP contribution < -0.4 is 10.1 Å². The summed E-state index contributed by atoms with van der Waals surface area (Å²) in [4.78, 5) is 17.7. The number of fused-ring (bicyclic) bond motifs is 1. The Balaban J connectivity index is 0.00000253. The van der Waals surface area contributed by atoms with E-state index in [1.54, 1.807) is 30.6 Å². The molecule has 3 aromatic rings. The number of hydrogen-bond donors (Lipinski definition) is 1. The molecule has 2 aromatic heterocycles. The first kappa shape index (κ1) is 22.1. The molecule has 4 fully saturated rings. The first-order chi connectivity index (χ1) is 16.2. The molecule has 4 saturated carbocycles. The number of hydrogen-bond acceptors (Lipinski definition) is 8. The predicted octanol–water partition coefficient (Wildman–Crippen LogP) is 3.80. The third kappa shape index (κ3) is 3.30. The van der Waals surface area contributed by atoms with Crippen LogP contribution in [0.5, 0.6) is 5.75 Å². The Bertz CT molecular complexity index is 1390. The second-order valence-corrected chi connectivity index (χ2v) is 13.3. The van der Waals surface area contributed by atoms with Crippen molar-refractivity contribution in [3.8, 4) is 5.75 Å². The number of rotatable bonds is 9. The van der Waals surface area contributed by atoms with Gasteiger partial charge in [-0.2, -0.15) is 0 Å². The Morgan fingerprint density at radius 1 is 1.21 bits per heavy atom. The van der Waals surface area contributed by atoms with E-state index in [2.05, 4.69) is 5.32 Å². The first-order valence-corrected chi connectivity index (χ1v) is 14.0. The van der Waals surface area contributed by atoms with Crippen molar-refractivity contribution >= 4 is 37.3 Å². The van der Waals surface area contributed by atoms with Crippen molar-refractivity contribution in [2.24, 2.45) is 0 Å². The molecule has 1 aromatic carbocycles. The molecule has 4 aliphatic rings. The third-order valence-corrected chi connectivity index (χ3v) is 10.8. The van der Waals surface area contributed by atoms with Crippen LogP contribution in [0.2, 0.25) is 0 Å². The van der Waals surface area contributed by atoms with E-state index in [-0.39, 0.29) is 24.0 Å². The fourth-order valence-electron chi connectivity index (χ4n) is 5.53. The number of nitrogens with one attached hydrogen (secondary N) is 1. The highest BCUT2D eigenvalue weighted by Crippen LogP contribution is 2.68. The molecule has 1 amide bonds. The van der Waals surface area contributed by atoms with Crippen LogP contribution in [0.25, 0.3) is 10.2 Å². The van der Waals surface area contributed by atoms with Gasteiger partial charge in [-0.05, 0) is 62.4 Å². The summed E-state index contributed by atoms with van der Waals surface area (Å²) in [6, 6.07) is 9.14. The second-order valence-electron chi connectivity index (χ2n) is 9.97.